The summed E-state index contributed by atoms with van der Waals surface area (Å²) < 4.78 is 15.4. The molecule has 0 fully saturated rings. The number of nitrogens with one attached hydrogen (secondary N) is 1. The van der Waals surface area contributed by atoms with E-state index in [1.54, 1.807) is 48.5 Å². The molecule has 1 heterocycles. The number of carboxylic acids is 1. The van der Waals surface area contributed by atoms with Crippen molar-refractivity contribution in [1.82, 2.24) is 5.32 Å². The molecule has 3 rings (SSSR count). The molecule has 3 aromatic rings. The highest BCUT2D eigenvalue weighted by Gasteiger charge is 2.40. The van der Waals surface area contributed by atoms with Crippen LogP contribution in [0.5, 0.6) is 0 Å². The van der Waals surface area contributed by atoms with Gasteiger partial charge in [0.2, 0.25) is 12.2 Å². The van der Waals surface area contributed by atoms with Gasteiger partial charge in [-0.25, -0.2) is 14.4 Å². The molecule has 1 amide bonds. The van der Waals surface area contributed by atoms with Crippen molar-refractivity contribution >= 4 is 23.8 Å². The second-order valence-electron chi connectivity index (χ2n) is 6.52. The Bertz CT molecular complexity index is 1060. The third-order valence-corrected chi connectivity index (χ3v) is 4.28. The lowest BCUT2D eigenvalue weighted by molar-refractivity contribution is -0.159. The summed E-state index contributed by atoms with van der Waals surface area (Å²) in [6.07, 6.45) is -2.65. The summed E-state index contributed by atoms with van der Waals surface area (Å²) >= 11 is 0. The number of benzene rings is 2. The molecule has 164 valence electrons. The fourth-order valence-corrected chi connectivity index (χ4v) is 2.70. The van der Waals surface area contributed by atoms with Crippen molar-refractivity contribution in [2.24, 2.45) is 0 Å². The zero-order valence-electron chi connectivity index (χ0n) is 16.7. The largest absolute Gasteiger partial charge is 0.478 e. The number of rotatable bonds is 9. The van der Waals surface area contributed by atoms with E-state index in [-0.39, 0.29) is 17.7 Å². The maximum atomic E-state index is 12.8. The van der Waals surface area contributed by atoms with Gasteiger partial charge in [0.25, 0.3) is 5.91 Å². The molecule has 0 aliphatic rings. The van der Waals surface area contributed by atoms with Crippen LogP contribution in [0.2, 0.25) is 0 Å². The highest BCUT2D eigenvalue weighted by Crippen LogP contribution is 2.14. The molecule has 0 spiro atoms. The van der Waals surface area contributed by atoms with E-state index in [2.05, 4.69) is 5.32 Å². The van der Waals surface area contributed by atoms with Gasteiger partial charge >= 0.3 is 17.9 Å². The molecule has 0 aliphatic carbocycles. The van der Waals surface area contributed by atoms with Gasteiger partial charge in [0.15, 0.2) is 0 Å². The summed E-state index contributed by atoms with van der Waals surface area (Å²) in [5, 5.41) is 12.1. The fraction of sp³-hybridized carbons (Fsp3) is 0.130. The minimum Gasteiger partial charge on any atom is -0.478 e. The van der Waals surface area contributed by atoms with Crippen LogP contribution < -0.4 is 5.32 Å². The third-order valence-electron chi connectivity index (χ3n) is 4.28. The van der Waals surface area contributed by atoms with E-state index in [1.807, 2.05) is 0 Å². The Morgan fingerprint density at radius 2 is 1.31 bits per heavy atom. The number of amides is 1. The molecular formula is C23H19NO8. The van der Waals surface area contributed by atoms with Crippen molar-refractivity contribution in [3.05, 3.63) is 95.9 Å². The molecule has 2 atom stereocenters. The molecule has 0 saturated heterocycles. The number of esters is 2. The van der Waals surface area contributed by atoms with E-state index in [4.69, 9.17) is 13.9 Å². The van der Waals surface area contributed by atoms with E-state index in [9.17, 15) is 24.3 Å². The first kappa shape index (κ1) is 22.3. The first-order valence-corrected chi connectivity index (χ1v) is 9.50. The van der Waals surface area contributed by atoms with Crippen molar-refractivity contribution < 1.29 is 38.2 Å². The predicted octanol–water partition coefficient (Wildman–Crippen LogP) is 2.43. The SMILES string of the molecule is O=C(O[C@H](C(=O)O)[C@H](OC(=O)c1ccccc1)C(=O)NCc1ccco1)c1ccccc1. The molecule has 0 bridgehead atoms. The highest BCUT2D eigenvalue weighted by molar-refractivity contribution is 5.96. The number of carboxylic acid groups (broad SMARTS) is 1. The molecule has 9 heteroatoms. The topological polar surface area (TPSA) is 132 Å². The maximum absolute atomic E-state index is 12.8. The third kappa shape index (κ3) is 5.82. The highest BCUT2D eigenvalue weighted by atomic mass is 16.6. The quantitative estimate of drug-likeness (QED) is 0.488. The molecule has 0 radical (unpaired) electrons. The molecule has 2 aromatic carbocycles. The number of hydrogen-bond donors (Lipinski definition) is 2. The van der Waals surface area contributed by atoms with Crippen LogP contribution in [-0.4, -0.2) is 41.1 Å². The van der Waals surface area contributed by atoms with Gasteiger partial charge in [0.1, 0.15) is 5.76 Å². The van der Waals surface area contributed by atoms with Gasteiger partial charge in [-0.2, -0.15) is 0 Å². The van der Waals surface area contributed by atoms with Crippen LogP contribution in [0.25, 0.3) is 0 Å². The summed E-state index contributed by atoms with van der Waals surface area (Å²) in [5.41, 5.74) is 0.165. The normalized spacial score (nSPS) is 12.2. The Morgan fingerprint density at radius 1 is 0.781 bits per heavy atom. The minimum absolute atomic E-state index is 0.0721. The van der Waals surface area contributed by atoms with E-state index in [0.717, 1.165) is 0 Å². The van der Waals surface area contributed by atoms with Gasteiger partial charge in [-0.1, -0.05) is 36.4 Å². The van der Waals surface area contributed by atoms with Crippen LogP contribution in [0, 0.1) is 0 Å². The van der Waals surface area contributed by atoms with Gasteiger partial charge in [-0.3, -0.25) is 4.79 Å². The van der Waals surface area contributed by atoms with Crippen LogP contribution in [0.4, 0.5) is 0 Å². The lowest BCUT2D eigenvalue weighted by Crippen LogP contribution is -2.50. The summed E-state index contributed by atoms with van der Waals surface area (Å²) in [4.78, 5) is 49.6. The number of aliphatic carboxylic acids is 1. The number of ether oxygens (including phenoxy) is 2. The molecule has 1 aromatic heterocycles. The van der Waals surface area contributed by atoms with Gasteiger partial charge in [-0.15, -0.1) is 0 Å². The van der Waals surface area contributed by atoms with Crippen molar-refractivity contribution in [3.8, 4) is 0 Å². The lowest BCUT2D eigenvalue weighted by Gasteiger charge is -2.23. The number of furan rings is 1. The van der Waals surface area contributed by atoms with E-state index in [1.165, 1.54) is 30.5 Å². The van der Waals surface area contributed by atoms with Crippen molar-refractivity contribution in [1.29, 1.82) is 0 Å². The summed E-state index contributed by atoms with van der Waals surface area (Å²) in [6, 6.07) is 18.5. The van der Waals surface area contributed by atoms with E-state index in [0.29, 0.717) is 5.76 Å². The second kappa shape index (κ2) is 10.6. The van der Waals surface area contributed by atoms with Crippen LogP contribution in [0.1, 0.15) is 26.5 Å². The van der Waals surface area contributed by atoms with E-state index < -0.39 is 36.0 Å². The number of carbonyl (C=O) groups is 4. The predicted molar refractivity (Wildman–Crippen MR) is 109 cm³/mol. The van der Waals surface area contributed by atoms with Crippen molar-refractivity contribution in [2.75, 3.05) is 0 Å². The van der Waals surface area contributed by atoms with Gasteiger partial charge in [-0.05, 0) is 36.4 Å². The molecular weight excluding hydrogens is 418 g/mol. The standard InChI is InChI=1S/C23H19NO8/c25-20(24-14-17-12-7-13-30-17)18(31-22(28)15-8-3-1-4-9-15)19(21(26)27)32-23(29)16-10-5-2-6-11-16/h1-13,18-19H,14H2,(H,24,25)(H,26,27)/t18-,19-/m0/s1. The van der Waals surface area contributed by atoms with Crippen LogP contribution in [0.15, 0.2) is 83.5 Å². The van der Waals surface area contributed by atoms with Crippen molar-refractivity contribution in [2.45, 2.75) is 18.8 Å². The monoisotopic (exact) mass is 437 g/mol. The Hall–Kier alpha value is -4.40. The molecule has 0 unspecified atom stereocenters. The Morgan fingerprint density at radius 3 is 1.78 bits per heavy atom. The zero-order chi connectivity index (χ0) is 22.9. The first-order valence-electron chi connectivity index (χ1n) is 9.50. The van der Waals surface area contributed by atoms with Crippen LogP contribution in [-0.2, 0) is 25.6 Å². The van der Waals surface area contributed by atoms with Gasteiger partial charge < -0.3 is 24.3 Å². The molecule has 9 nitrogen and oxygen atoms in total. The van der Waals surface area contributed by atoms with Crippen molar-refractivity contribution in [3.63, 3.8) is 0 Å². The van der Waals surface area contributed by atoms with E-state index >= 15 is 0 Å². The van der Waals surface area contributed by atoms with Crippen LogP contribution in [0.3, 0.4) is 0 Å². The van der Waals surface area contributed by atoms with Gasteiger partial charge in [0.05, 0.1) is 23.9 Å². The minimum atomic E-state index is -2.09. The maximum Gasteiger partial charge on any atom is 0.349 e. The molecule has 0 saturated carbocycles. The first-order chi connectivity index (χ1) is 15.5. The molecule has 2 N–H and O–H groups in total. The smallest absolute Gasteiger partial charge is 0.349 e. The molecule has 0 aliphatic heterocycles. The average molecular weight is 437 g/mol. The second-order valence-corrected chi connectivity index (χ2v) is 6.52. The Kier molecular flexibility index (Phi) is 7.37. The average Bonchev–Trinajstić information content (AvgIpc) is 3.34. The number of carbonyl (C=O) groups excluding carboxylic acids is 3. The Balaban J connectivity index is 1.83. The fourth-order valence-electron chi connectivity index (χ4n) is 2.70. The number of hydrogen-bond acceptors (Lipinski definition) is 7. The summed E-state index contributed by atoms with van der Waals surface area (Å²) in [7, 11) is 0. The van der Waals surface area contributed by atoms with Crippen LogP contribution >= 0.6 is 0 Å². The summed E-state index contributed by atoms with van der Waals surface area (Å²) in [6.45, 7) is -0.0931. The lowest BCUT2D eigenvalue weighted by atomic mass is 10.1. The van der Waals surface area contributed by atoms with Gasteiger partial charge in [0, 0.05) is 0 Å². The zero-order valence-corrected chi connectivity index (χ0v) is 16.7. The molecule has 32 heavy (non-hydrogen) atoms. The summed E-state index contributed by atoms with van der Waals surface area (Å²) in [5.74, 6) is -4.18. The Labute approximate surface area is 182 Å².